The summed E-state index contributed by atoms with van der Waals surface area (Å²) in [6.45, 7) is 6.88. The molecule has 112 valence electrons. The molecule has 1 aliphatic carbocycles. The molecule has 1 aromatic heterocycles. The molecule has 1 aliphatic heterocycles. The van der Waals surface area contributed by atoms with Gasteiger partial charge >= 0.3 is 0 Å². The van der Waals surface area contributed by atoms with Crippen LogP contribution >= 0.6 is 11.3 Å². The molecule has 0 amide bonds. The number of aromatic nitrogens is 1. The van der Waals surface area contributed by atoms with Gasteiger partial charge in [-0.15, -0.1) is 11.3 Å². The van der Waals surface area contributed by atoms with E-state index in [2.05, 4.69) is 27.0 Å². The summed E-state index contributed by atoms with van der Waals surface area (Å²) in [5.74, 6) is 0. The van der Waals surface area contributed by atoms with Crippen molar-refractivity contribution in [1.29, 1.82) is 0 Å². The number of rotatable bonds is 4. The third-order valence-corrected chi connectivity index (χ3v) is 6.04. The lowest BCUT2D eigenvalue weighted by Gasteiger charge is -2.37. The van der Waals surface area contributed by atoms with Gasteiger partial charge in [0.1, 0.15) is 0 Å². The monoisotopic (exact) mass is 294 g/mol. The van der Waals surface area contributed by atoms with Gasteiger partial charge in [0.2, 0.25) is 0 Å². The average molecular weight is 294 g/mol. The van der Waals surface area contributed by atoms with Crippen LogP contribution in [-0.4, -0.2) is 49.2 Å². The summed E-state index contributed by atoms with van der Waals surface area (Å²) in [6.07, 6.45) is 7.73. The Balaban J connectivity index is 1.56. The third kappa shape index (κ3) is 3.00. The summed E-state index contributed by atoms with van der Waals surface area (Å²) in [6, 6.07) is 1.27. The van der Waals surface area contributed by atoms with E-state index < -0.39 is 0 Å². The van der Waals surface area contributed by atoms with Crippen molar-refractivity contribution in [2.45, 2.75) is 44.7 Å². The Bertz CT molecular complexity index is 419. The second-order valence-electron chi connectivity index (χ2n) is 6.02. The lowest BCUT2D eigenvalue weighted by molar-refractivity contribution is 0.187. The van der Waals surface area contributed by atoms with Gasteiger partial charge in [0, 0.05) is 49.3 Å². The zero-order chi connectivity index (χ0) is 13.9. The van der Waals surface area contributed by atoms with Crippen LogP contribution in [0.2, 0.25) is 0 Å². The fraction of sp³-hybridized carbons (Fsp3) is 0.800. The van der Waals surface area contributed by atoms with Crippen molar-refractivity contribution < 1.29 is 0 Å². The van der Waals surface area contributed by atoms with Crippen LogP contribution in [0.25, 0.3) is 0 Å². The molecule has 1 saturated heterocycles. The summed E-state index contributed by atoms with van der Waals surface area (Å²) in [4.78, 5) is 11.1. The Labute approximate surface area is 126 Å². The molecule has 0 bridgehead atoms. The van der Waals surface area contributed by atoms with Crippen LogP contribution in [-0.2, 0) is 0 Å². The first-order valence-corrected chi connectivity index (χ1v) is 8.71. The number of thiazole rings is 1. The topological polar surface area (TPSA) is 31.4 Å². The van der Waals surface area contributed by atoms with E-state index in [0.717, 1.165) is 19.1 Å². The Morgan fingerprint density at radius 1 is 1.25 bits per heavy atom. The summed E-state index contributed by atoms with van der Waals surface area (Å²) < 4.78 is 0. The van der Waals surface area contributed by atoms with E-state index in [-0.39, 0.29) is 0 Å². The van der Waals surface area contributed by atoms with Gasteiger partial charge in [-0.2, -0.15) is 0 Å². The minimum atomic E-state index is 0.404. The van der Waals surface area contributed by atoms with Crippen molar-refractivity contribution in [1.82, 2.24) is 15.2 Å². The van der Waals surface area contributed by atoms with E-state index in [4.69, 9.17) is 0 Å². The maximum Gasteiger partial charge on any atom is 0.185 e. The van der Waals surface area contributed by atoms with Gasteiger partial charge in [-0.05, 0) is 26.8 Å². The summed E-state index contributed by atoms with van der Waals surface area (Å²) >= 11 is 1.84. The largest absolute Gasteiger partial charge is 0.346 e. The second kappa shape index (κ2) is 6.41. The van der Waals surface area contributed by atoms with Crippen molar-refractivity contribution in [3.8, 4) is 0 Å². The van der Waals surface area contributed by atoms with Gasteiger partial charge in [-0.25, -0.2) is 4.98 Å². The zero-order valence-corrected chi connectivity index (χ0v) is 13.5. The molecule has 0 spiro atoms. The molecule has 20 heavy (non-hydrogen) atoms. The van der Waals surface area contributed by atoms with Gasteiger partial charge in [0.05, 0.1) is 0 Å². The Morgan fingerprint density at radius 3 is 2.60 bits per heavy atom. The molecule has 1 unspecified atom stereocenters. The van der Waals surface area contributed by atoms with Crippen molar-refractivity contribution >= 4 is 16.5 Å². The Hall–Kier alpha value is -0.650. The first-order chi connectivity index (χ1) is 9.78. The maximum atomic E-state index is 4.62. The fourth-order valence-corrected chi connectivity index (χ4v) is 4.34. The third-order valence-electron chi connectivity index (χ3n) is 4.80. The molecule has 2 fully saturated rings. The van der Waals surface area contributed by atoms with Crippen LogP contribution in [0, 0.1) is 0 Å². The SMILES string of the molecule is CNC(C)c1cnc(N2CCN(C3CCCC3)CC2)s1. The van der Waals surface area contributed by atoms with E-state index in [1.165, 1.54) is 48.8 Å². The molecule has 5 heteroatoms. The minimum Gasteiger partial charge on any atom is -0.346 e. The fourth-order valence-electron chi connectivity index (χ4n) is 3.31. The molecule has 3 rings (SSSR count). The number of piperazine rings is 1. The molecule has 1 aromatic rings. The molecular formula is C15H26N4S. The molecule has 2 heterocycles. The predicted octanol–water partition coefficient (Wildman–Crippen LogP) is 2.49. The molecule has 2 aliphatic rings. The molecule has 0 aromatic carbocycles. The second-order valence-corrected chi connectivity index (χ2v) is 7.06. The summed E-state index contributed by atoms with van der Waals surface area (Å²) in [5.41, 5.74) is 0. The first-order valence-electron chi connectivity index (χ1n) is 7.90. The highest BCUT2D eigenvalue weighted by Crippen LogP contribution is 2.29. The zero-order valence-electron chi connectivity index (χ0n) is 12.6. The standard InChI is InChI=1S/C15H26N4S/c1-12(16-2)14-11-17-15(20-14)19-9-7-18(8-10-19)13-5-3-4-6-13/h11-13,16H,3-10H2,1-2H3. The van der Waals surface area contributed by atoms with Gasteiger partial charge < -0.3 is 10.2 Å². The van der Waals surface area contributed by atoms with Gasteiger partial charge in [-0.3, -0.25) is 4.90 Å². The number of hydrogen-bond donors (Lipinski definition) is 1. The quantitative estimate of drug-likeness (QED) is 0.924. The van der Waals surface area contributed by atoms with E-state index in [0.29, 0.717) is 6.04 Å². The van der Waals surface area contributed by atoms with E-state index in [1.807, 2.05) is 24.6 Å². The highest BCUT2D eigenvalue weighted by atomic mass is 32.1. The predicted molar refractivity (Wildman–Crippen MR) is 85.6 cm³/mol. The van der Waals surface area contributed by atoms with Gasteiger partial charge in [0.25, 0.3) is 0 Å². The Kier molecular flexibility index (Phi) is 4.58. The van der Waals surface area contributed by atoms with Gasteiger partial charge in [-0.1, -0.05) is 12.8 Å². The average Bonchev–Trinajstić information content (AvgIpc) is 3.18. The Morgan fingerprint density at radius 2 is 1.95 bits per heavy atom. The van der Waals surface area contributed by atoms with Crippen molar-refractivity contribution in [3.05, 3.63) is 11.1 Å². The van der Waals surface area contributed by atoms with E-state index in [1.54, 1.807) is 0 Å². The molecule has 1 saturated carbocycles. The molecular weight excluding hydrogens is 268 g/mol. The molecule has 1 atom stereocenters. The van der Waals surface area contributed by atoms with Crippen LogP contribution in [0.3, 0.4) is 0 Å². The van der Waals surface area contributed by atoms with Crippen molar-refractivity contribution in [2.24, 2.45) is 0 Å². The van der Waals surface area contributed by atoms with Crippen LogP contribution < -0.4 is 10.2 Å². The highest BCUT2D eigenvalue weighted by Gasteiger charge is 2.27. The van der Waals surface area contributed by atoms with Gasteiger partial charge in [0.15, 0.2) is 5.13 Å². The normalized spacial score (nSPS) is 23.4. The summed E-state index contributed by atoms with van der Waals surface area (Å²) in [7, 11) is 2.00. The number of hydrogen-bond acceptors (Lipinski definition) is 5. The number of nitrogens with one attached hydrogen (secondary N) is 1. The van der Waals surface area contributed by atoms with Crippen LogP contribution in [0.5, 0.6) is 0 Å². The molecule has 1 N–H and O–H groups in total. The molecule has 0 radical (unpaired) electrons. The minimum absolute atomic E-state index is 0.404. The number of anilines is 1. The summed E-state index contributed by atoms with van der Waals surface area (Å²) in [5, 5.41) is 4.49. The van der Waals surface area contributed by atoms with Crippen molar-refractivity contribution in [3.63, 3.8) is 0 Å². The highest BCUT2D eigenvalue weighted by molar-refractivity contribution is 7.15. The van der Waals surface area contributed by atoms with E-state index in [9.17, 15) is 0 Å². The smallest absolute Gasteiger partial charge is 0.185 e. The first kappa shape index (κ1) is 14.3. The van der Waals surface area contributed by atoms with Crippen LogP contribution in [0.15, 0.2) is 6.20 Å². The van der Waals surface area contributed by atoms with Crippen LogP contribution in [0.4, 0.5) is 5.13 Å². The number of nitrogens with zero attached hydrogens (tertiary/aromatic N) is 3. The van der Waals surface area contributed by atoms with E-state index >= 15 is 0 Å². The van der Waals surface area contributed by atoms with Crippen molar-refractivity contribution in [2.75, 3.05) is 38.1 Å². The lowest BCUT2D eigenvalue weighted by atomic mass is 10.2. The van der Waals surface area contributed by atoms with Crippen LogP contribution in [0.1, 0.15) is 43.5 Å². The lowest BCUT2D eigenvalue weighted by Crippen LogP contribution is -2.49. The molecule has 4 nitrogen and oxygen atoms in total. The maximum absolute atomic E-state index is 4.62.